The van der Waals surface area contributed by atoms with Crippen LogP contribution in [-0.4, -0.2) is 22.9 Å². The average molecular weight is 218 g/mol. The van der Waals surface area contributed by atoms with Crippen molar-refractivity contribution in [2.75, 3.05) is 7.11 Å². The minimum atomic E-state index is -0.554. The summed E-state index contributed by atoms with van der Waals surface area (Å²) < 4.78 is 5.11. The van der Waals surface area contributed by atoms with Gasteiger partial charge in [-0.15, -0.1) is 0 Å². The van der Waals surface area contributed by atoms with E-state index in [0.29, 0.717) is 16.7 Å². The number of ketones is 1. The van der Waals surface area contributed by atoms with Crippen LogP contribution in [-0.2, 0) is 0 Å². The predicted octanol–water partition coefficient (Wildman–Crippen LogP) is 1.13. The molecule has 0 saturated carbocycles. The van der Waals surface area contributed by atoms with Gasteiger partial charge in [-0.1, -0.05) is 12.1 Å². The lowest BCUT2D eigenvalue weighted by atomic mass is 10.1. The van der Waals surface area contributed by atoms with Gasteiger partial charge >= 0.3 is 5.69 Å². The zero-order valence-corrected chi connectivity index (χ0v) is 8.90. The smallest absolute Gasteiger partial charge is 0.346 e. The van der Waals surface area contributed by atoms with Gasteiger partial charge in [-0.25, -0.2) is 4.79 Å². The zero-order valence-electron chi connectivity index (χ0n) is 8.90. The van der Waals surface area contributed by atoms with Gasteiger partial charge < -0.3 is 9.72 Å². The van der Waals surface area contributed by atoms with Crippen LogP contribution in [0.3, 0.4) is 0 Å². The summed E-state index contributed by atoms with van der Waals surface area (Å²) in [4.78, 5) is 28.9. The number of fused-ring (bicyclic) bond motifs is 1. The maximum absolute atomic E-state index is 11.4. The second-order valence-electron chi connectivity index (χ2n) is 3.33. The van der Waals surface area contributed by atoms with Gasteiger partial charge in [-0.3, -0.25) is 4.79 Å². The molecule has 2 rings (SSSR count). The molecule has 5 nitrogen and oxygen atoms in total. The minimum absolute atomic E-state index is 0.164. The van der Waals surface area contributed by atoms with E-state index >= 15 is 0 Å². The molecule has 0 atom stereocenters. The topological polar surface area (TPSA) is 72.0 Å². The Balaban J connectivity index is 2.94. The SMILES string of the molecule is COc1cccc2c(C(C)=O)nc(=O)[nH]c12. The Labute approximate surface area is 91.1 Å². The number of ether oxygens (including phenoxy) is 1. The van der Waals surface area contributed by atoms with E-state index in [1.165, 1.54) is 14.0 Å². The molecule has 0 aliphatic heterocycles. The number of hydrogen-bond acceptors (Lipinski definition) is 4. The molecule has 0 amide bonds. The standard InChI is InChI=1S/C11H10N2O3/c1-6(14)9-7-4-3-5-8(16-2)10(7)13-11(15)12-9/h3-5H,1-2H3,(H,12,13,15). The summed E-state index contributed by atoms with van der Waals surface area (Å²) in [5.74, 6) is 0.267. The Bertz CT molecular complexity index is 616. The summed E-state index contributed by atoms with van der Waals surface area (Å²) >= 11 is 0. The predicted molar refractivity (Wildman–Crippen MR) is 58.9 cm³/mol. The van der Waals surface area contributed by atoms with Crippen molar-refractivity contribution in [3.63, 3.8) is 0 Å². The third-order valence-corrected chi connectivity index (χ3v) is 2.28. The molecule has 0 unspecified atom stereocenters. The number of H-pyrrole nitrogens is 1. The molecule has 0 radical (unpaired) electrons. The number of carbonyl (C=O) groups excluding carboxylic acids is 1. The van der Waals surface area contributed by atoms with Crippen molar-refractivity contribution in [3.8, 4) is 5.75 Å². The molecule has 0 saturated heterocycles. The number of aromatic amines is 1. The highest BCUT2D eigenvalue weighted by Crippen LogP contribution is 2.23. The Kier molecular flexibility index (Phi) is 2.44. The van der Waals surface area contributed by atoms with Crippen molar-refractivity contribution < 1.29 is 9.53 Å². The van der Waals surface area contributed by atoms with Gasteiger partial charge in [0.15, 0.2) is 5.78 Å². The van der Waals surface area contributed by atoms with Crippen molar-refractivity contribution in [1.82, 2.24) is 9.97 Å². The second-order valence-corrected chi connectivity index (χ2v) is 3.33. The molecule has 5 heteroatoms. The van der Waals surface area contributed by atoms with Gasteiger partial charge in [-0.2, -0.15) is 4.98 Å². The van der Waals surface area contributed by atoms with Crippen LogP contribution in [0.25, 0.3) is 10.9 Å². The number of hydrogen-bond donors (Lipinski definition) is 1. The average Bonchev–Trinajstić information content (AvgIpc) is 2.27. The third kappa shape index (κ3) is 1.56. The monoisotopic (exact) mass is 218 g/mol. The molecule has 0 spiro atoms. The van der Waals surface area contributed by atoms with Gasteiger partial charge in [0.25, 0.3) is 0 Å². The minimum Gasteiger partial charge on any atom is -0.495 e. The van der Waals surface area contributed by atoms with E-state index in [-0.39, 0.29) is 11.5 Å². The van der Waals surface area contributed by atoms with E-state index in [1.54, 1.807) is 18.2 Å². The van der Waals surface area contributed by atoms with E-state index in [9.17, 15) is 9.59 Å². The first-order valence-corrected chi connectivity index (χ1v) is 4.71. The molecule has 2 aromatic rings. The molecule has 0 aliphatic carbocycles. The maximum atomic E-state index is 11.4. The lowest BCUT2D eigenvalue weighted by molar-refractivity contribution is 0.101. The molecule has 1 N–H and O–H groups in total. The second kappa shape index (κ2) is 3.77. The van der Waals surface area contributed by atoms with Crippen LogP contribution in [0.5, 0.6) is 5.75 Å². The number of rotatable bonds is 2. The highest BCUT2D eigenvalue weighted by atomic mass is 16.5. The molecule has 0 bridgehead atoms. The Morgan fingerprint density at radius 2 is 2.19 bits per heavy atom. The number of nitrogens with one attached hydrogen (secondary N) is 1. The Morgan fingerprint density at radius 1 is 1.44 bits per heavy atom. The number of para-hydroxylation sites is 1. The van der Waals surface area contributed by atoms with E-state index < -0.39 is 5.69 Å². The molecule has 1 heterocycles. The fourth-order valence-corrected chi connectivity index (χ4v) is 1.59. The third-order valence-electron chi connectivity index (χ3n) is 2.28. The normalized spacial score (nSPS) is 10.4. The number of carbonyl (C=O) groups is 1. The molecule has 0 fully saturated rings. The summed E-state index contributed by atoms with van der Waals surface area (Å²) in [6.07, 6.45) is 0. The van der Waals surface area contributed by atoms with Crippen LogP contribution in [0.15, 0.2) is 23.0 Å². The van der Waals surface area contributed by atoms with Crippen LogP contribution in [0, 0.1) is 0 Å². The summed E-state index contributed by atoms with van der Waals surface area (Å²) in [5, 5.41) is 0.589. The first-order valence-electron chi connectivity index (χ1n) is 4.71. The Morgan fingerprint density at radius 3 is 2.81 bits per heavy atom. The van der Waals surface area contributed by atoms with Gasteiger partial charge in [0.05, 0.1) is 12.6 Å². The number of benzene rings is 1. The number of nitrogens with zero attached hydrogens (tertiary/aromatic N) is 1. The summed E-state index contributed by atoms with van der Waals surface area (Å²) in [6, 6.07) is 5.17. The maximum Gasteiger partial charge on any atom is 0.346 e. The van der Waals surface area contributed by atoms with Crippen LogP contribution in [0.4, 0.5) is 0 Å². The van der Waals surface area contributed by atoms with Crippen molar-refractivity contribution in [2.45, 2.75) is 6.92 Å². The zero-order chi connectivity index (χ0) is 11.7. The van der Waals surface area contributed by atoms with E-state index in [0.717, 1.165) is 0 Å². The van der Waals surface area contributed by atoms with E-state index in [2.05, 4.69) is 9.97 Å². The molecular weight excluding hydrogens is 208 g/mol. The van der Waals surface area contributed by atoms with E-state index in [4.69, 9.17) is 4.74 Å². The number of aromatic nitrogens is 2. The molecule has 0 aliphatic rings. The largest absolute Gasteiger partial charge is 0.495 e. The number of Topliss-reactive ketones (excluding diaryl/α,β-unsaturated/α-hetero) is 1. The Hall–Kier alpha value is -2.17. The fraction of sp³-hybridized carbons (Fsp3) is 0.182. The van der Waals surface area contributed by atoms with Gasteiger partial charge in [-0.05, 0) is 6.07 Å². The summed E-state index contributed by atoms with van der Waals surface area (Å²) in [5.41, 5.74) is 0.107. The van der Waals surface area contributed by atoms with Gasteiger partial charge in [0, 0.05) is 12.3 Å². The van der Waals surface area contributed by atoms with Gasteiger partial charge in [0.2, 0.25) is 0 Å². The lowest BCUT2D eigenvalue weighted by Gasteiger charge is -2.06. The number of methoxy groups -OCH3 is 1. The molecular formula is C11H10N2O3. The molecule has 1 aromatic carbocycles. The van der Waals surface area contributed by atoms with Crippen LogP contribution in [0.1, 0.15) is 17.4 Å². The van der Waals surface area contributed by atoms with Crippen molar-refractivity contribution >= 4 is 16.7 Å². The quantitative estimate of drug-likeness (QED) is 0.767. The van der Waals surface area contributed by atoms with Crippen LogP contribution in [0.2, 0.25) is 0 Å². The van der Waals surface area contributed by atoms with Crippen molar-refractivity contribution in [3.05, 3.63) is 34.4 Å². The molecule has 82 valence electrons. The van der Waals surface area contributed by atoms with Crippen molar-refractivity contribution in [1.29, 1.82) is 0 Å². The van der Waals surface area contributed by atoms with E-state index in [1.807, 2.05) is 0 Å². The van der Waals surface area contributed by atoms with Gasteiger partial charge in [0.1, 0.15) is 11.4 Å². The fourth-order valence-electron chi connectivity index (χ4n) is 1.59. The van der Waals surface area contributed by atoms with Crippen LogP contribution >= 0.6 is 0 Å². The summed E-state index contributed by atoms with van der Waals surface area (Å²) in [6.45, 7) is 1.38. The van der Waals surface area contributed by atoms with Crippen LogP contribution < -0.4 is 10.4 Å². The first-order chi connectivity index (χ1) is 7.63. The lowest BCUT2D eigenvalue weighted by Crippen LogP contribution is -2.15. The highest BCUT2D eigenvalue weighted by Gasteiger charge is 2.11. The highest BCUT2D eigenvalue weighted by molar-refractivity contribution is 6.05. The molecule has 1 aromatic heterocycles. The van der Waals surface area contributed by atoms with Crippen molar-refractivity contribution in [2.24, 2.45) is 0 Å². The molecule has 16 heavy (non-hydrogen) atoms. The first kappa shape index (κ1) is 10.4. The summed E-state index contributed by atoms with van der Waals surface area (Å²) in [7, 11) is 1.50.